The molecule has 0 atom stereocenters. The third kappa shape index (κ3) is 4.33. The molecule has 30 heavy (non-hydrogen) atoms. The molecule has 0 radical (unpaired) electrons. The summed E-state index contributed by atoms with van der Waals surface area (Å²) in [5.41, 5.74) is 0.689. The van der Waals surface area contributed by atoms with Crippen molar-refractivity contribution in [1.82, 2.24) is 4.98 Å². The van der Waals surface area contributed by atoms with Crippen molar-refractivity contribution in [3.05, 3.63) is 83.6 Å². The normalized spacial score (nSPS) is 12.0. The zero-order chi connectivity index (χ0) is 21.7. The summed E-state index contributed by atoms with van der Waals surface area (Å²) in [6.45, 7) is 1.17. The molecule has 0 aliphatic rings. The van der Waals surface area contributed by atoms with Gasteiger partial charge in [0.15, 0.2) is 0 Å². The highest BCUT2D eigenvalue weighted by Crippen LogP contribution is 2.25. The monoisotopic (exact) mass is 408 g/mol. The minimum absolute atomic E-state index is 0.0641. The lowest BCUT2D eigenvalue weighted by molar-refractivity contribution is -0.141. The standard InChI is InChI=1S/C22H17FN2O5/c1-13(26)30-25-21(20-10-17-14(11-24-20)6-5-9-19(17)23)16-8-4-3-7-15(16)18(12-29-2)22(27)28/h3-12H,1-2H3,(H,27,28). The minimum atomic E-state index is -1.23. The van der Waals surface area contributed by atoms with E-state index in [2.05, 4.69) is 10.1 Å². The van der Waals surface area contributed by atoms with E-state index in [4.69, 9.17) is 9.57 Å². The number of carboxylic acid groups (broad SMARTS) is 1. The van der Waals surface area contributed by atoms with Crippen molar-refractivity contribution in [2.24, 2.45) is 5.16 Å². The number of nitrogens with zero attached hydrogens (tertiary/aromatic N) is 2. The molecule has 8 heteroatoms. The molecule has 1 aromatic heterocycles. The number of carboxylic acids is 1. The van der Waals surface area contributed by atoms with E-state index >= 15 is 0 Å². The molecule has 1 heterocycles. The summed E-state index contributed by atoms with van der Waals surface area (Å²) in [6, 6.07) is 12.5. The predicted octanol–water partition coefficient (Wildman–Crippen LogP) is 3.76. The van der Waals surface area contributed by atoms with Crippen molar-refractivity contribution < 1.29 is 28.7 Å². The molecule has 0 aliphatic heterocycles. The van der Waals surface area contributed by atoms with Gasteiger partial charge in [0.05, 0.1) is 19.1 Å². The predicted molar refractivity (Wildman–Crippen MR) is 108 cm³/mol. The maximum Gasteiger partial charge on any atom is 0.339 e. The average molecular weight is 408 g/mol. The van der Waals surface area contributed by atoms with Crippen LogP contribution in [0.3, 0.4) is 0 Å². The number of rotatable bonds is 6. The Kier molecular flexibility index (Phi) is 6.17. The second-order valence-corrected chi connectivity index (χ2v) is 6.17. The molecule has 0 spiro atoms. The summed E-state index contributed by atoms with van der Waals surface area (Å²) in [4.78, 5) is 32.3. The van der Waals surface area contributed by atoms with Crippen molar-refractivity contribution in [2.45, 2.75) is 6.92 Å². The van der Waals surface area contributed by atoms with Crippen LogP contribution in [-0.4, -0.2) is 34.9 Å². The lowest BCUT2D eigenvalue weighted by Crippen LogP contribution is -2.13. The number of ether oxygens (including phenoxy) is 1. The van der Waals surface area contributed by atoms with Gasteiger partial charge in [0, 0.05) is 35.0 Å². The van der Waals surface area contributed by atoms with Gasteiger partial charge in [0.25, 0.3) is 0 Å². The molecule has 0 saturated heterocycles. The molecule has 0 amide bonds. The van der Waals surface area contributed by atoms with Crippen LogP contribution in [0.25, 0.3) is 16.3 Å². The zero-order valence-corrected chi connectivity index (χ0v) is 16.1. The molecule has 3 aromatic rings. The number of methoxy groups -OCH3 is 1. The Hall–Kier alpha value is -4.07. The molecule has 152 valence electrons. The number of benzene rings is 2. The van der Waals surface area contributed by atoms with E-state index in [1.807, 2.05) is 0 Å². The molecular formula is C22H17FN2O5. The molecule has 2 aromatic carbocycles. The molecule has 0 saturated carbocycles. The van der Waals surface area contributed by atoms with Crippen LogP contribution in [0.4, 0.5) is 4.39 Å². The maximum atomic E-state index is 14.3. The first-order chi connectivity index (χ1) is 14.4. The highest BCUT2D eigenvalue weighted by Gasteiger charge is 2.21. The van der Waals surface area contributed by atoms with Gasteiger partial charge in [-0.3, -0.25) is 4.98 Å². The number of aromatic nitrogens is 1. The number of carbonyl (C=O) groups is 2. The topological polar surface area (TPSA) is 98.1 Å². The molecule has 0 fully saturated rings. The Labute approximate surface area is 171 Å². The number of carbonyl (C=O) groups excluding carboxylic acids is 1. The molecule has 3 rings (SSSR count). The highest BCUT2D eigenvalue weighted by atomic mass is 19.1. The molecule has 7 nitrogen and oxygen atoms in total. The number of pyridine rings is 1. The first-order valence-electron chi connectivity index (χ1n) is 8.78. The van der Waals surface area contributed by atoms with Gasteiger partial charge >= 0.3 is 11.9 Å². The molecule has 0 unspecified atom stereocenters. The van der Waals surface area contributed by atoms with E-state index in [0.717, 1.165) is 6.26 Å². The van der Waals surface area contributed by atoms with Gasteiger partial charge < -0.3 is 14.7 Å². The molecule has 0 aliphatic carbocycles. The van der Waals surface area contributed by atoms with Gasteiger partial charge in [-0.05, 0) is 12.1 Å². The van der Waals surface area contributed by atoms with Gasteiger partial charge in [0.1, 0.15) is 17.1 Å². The number of aliphatic carboxylic acids is 1. The fourth-order valence-corrected chi connectivity index (χ4v) is 2.88. The average Bonchev–Trinajstić information content (AvgIpc) is 2.73. The molecule has 1 N–H and O–H groups in total. The van der Waals surface area contributed by atoms with Crippen LogP contribution in [0, 0.1) is 5.82 Å². The van der Waals surface area contributed by atoms with Crippen molar-refractivity contribution in [1.29, 1.82) is 0 Å². The van der Waals surface area contributed by atoms with E-state index in [-0.39, 0.29) is 22.5 Å². The van der Waals surface area contributed by atoms with E-state index in [1.165, 1.54) is 32.4 Å². The van der Waals surface area contributed by atoms with Gasteiger partial charge in [-0.15, -0.1) is 0 Å². The number of fused-ring (bicyclic) bond motifs is 1. The second kappa shape index (κ2) is 8.95. The highest BCUT2D eigenvalue weighted by molar-refractivity contribution is 6.22. The van der Waals surface area contributed by atoms with Crippen LogP contribution in [0.2, 0.25) is 0 Å². The van der Waals surface area contributed by atoms with Crippen LogP contribution < -0.4 is 0 Å². The van der Waals surface area contributed by atoms with Crippen molar-refractivity contribution in [2.75, 3.05) is 7.11 Å². The Morgan fingerprint density at radius 1 is 1.13 bits per heavy atom. The summed E-state index contributed by atoms with van der Waals surface area (Å²) in [5.74, 6) is -2.36. The number of halogens is 1. The van der Waals surface area contributed by atoms with Crippen LogP contribution >= 0.6 is 0 Å². The molecular weight excluding hydrogens is 391 g/mol. The fraction of sp³-hybridized carbons (Fsp3) is 0.0909. The van der Waals surface area contributed by atoms with Crippen LogP contribution in [0.1, 0.15) is 23.7 Å². The summed E-state index contributed by atoms with van der Waals surface area (Å²) in [6.07, 6.45) is 2.54. The van der Waals surface area contributed by atoms with Gasteiger partial charge in [-0.1, -0.05) is 41.6 Å². The smallest absolute Gasteiger partial charge is 0.339 e. The van der Waals surface area contributed by atoms with Crippen LogP contribution in [-0.2, 0) is 19.2 Å². The minimum Gasteiger partial charge on any atom is -0.503 e. The third-order valence-corrected chi connectivity index (χ3v) is 4.16. The van der Waals surface area contributed by atoms with Gasteiger partial charge in [-0.25, -0.2) is 14.0 Å². The first kappa shape index (κ1) is 20.7. The van der Waals surface area contributed by atoms with Crippen molar-refractivity contribution in [3.8, 4) is 0 Å². The van der Waals surface area contributed by atoms with E-state index < -0.39 is 17.8 Å². The Morgan fingerprint density at radius 3 is 2.53 bits per heavy atom. The largest absolute Gasteiger partial charge is 0.503 e. The van der Waals surface area contributed by atoms with Crippen molar-refractivity contribution in [3.63, 3.8) is 0 Å². The zero-order valence-electron chi connectivity index (χ0n) is 16.1. The summed E-state index contributed by atoms with van der Waals surface area (Å²) in [7, 11) is 1.33. The Bertz CT molecular complexity index is 1190. The number of oxime groups is 1. The maximum absolute atomic E-state index is 14.3. The lowest BCUT2D eigenvalue weighted by atomic mass is 9.95. The fourth-order valence-electron chi connectivity index (χ4n) is 2.88. The number of hydrogen-bond acceptors (Lipinski definition) is 6. The van der Waals surface area contributed by atoms with E-state index in [0.29, 0.717) is 16.3 Å². The van der Waals surface area contributed by atoms with Crippen molar-refractivity contribution >= 4 is 34.0 Å². The third-order valence-electron chi connectivity index (χ3n) is 4.16. The molecule has 0 bridgehead atoms. The SMILES string of the molecule is COC=C(C(=O)O)c1ccccc1C(=NOC(C)=O)c1cc2c(F)cccc2cn1. The second-order valence-electron chi connectivity index (χ2n) is 6.17. The summed E-state index contributed by atoms with van der Waals surface area (Å²) in [5, 5.41) is 14.3. The quantitative estimate of drug-likeness (QED) is 0.219. The van der Waals surface area contributed by atoms with E-state index in [1.54, 1.807) is 36.4 Å². The Balaban J connectivity index is 2.26. The number of hydrogen-bond donors (Lipinski definition) is 1. The van der Waals surface area contributed by atoms with Gasteiger partial charge in [-0.2, -0.15) is 0 Å². The van der Waals surface area contributed by atoms with E-state index in [9.17, 15) is 19.1 Å². The lowest BCUT2D eigenvalue weighted by Gasteiger charge is -2.12. The summed E-state index contributed by atoms with van der Waals surface area (Å²) < 4.78 is 19.2. The summed E-state index contributed by atoms with van der Waals surface area (Å²) >= 11 is 0. The Morgan fingerprint density at radius 2 is 1.87 bits per heavy atom. The first-order valence-corrected chi connectivity index (χ1v) is 8.78. The van der Waals surface area contributed by atoms with Crippen LogP contribution in [0.15, 0.2) is 66.1 Å². The van der Waals surface area contributed by atoms with Crippen LogP contribution in [0.5, 0.6) is 0 Å². The van der Waals surface area contributed by atoms with Gasteiger partial charge in [0.2, 0.25) is 0 Å².